The second-order valence-corrected chi connectivity index (χ2v) is 5.25. The van der Waals surface area contributed by atoms with Gasteiger partial charge in [-0.1, -0.05) is 29.1 Å². The molecular formula is C5H10AlClO. The first-order valence-corrected chi connectivity index (χ1v) is 5.96. The van der Waals surface area contributed by atoms with Crippen molar-refractivity contribution in [1.82, 2.24) is 0 Å². The zero-order valence-corrected chi connectivity index (χ0v) is 6.97. The molecule has 0 aromatic carbocycles. The molecule has 0 aliphatic carbocycles. The smallest absolute Gasteiger partial charge is 0.458 e. The van der Waals surface area contributed by atoms with Crippen molar-refractivity contribution in [3.05, 3.63) is 0 Å². The quantitative estimate of drug-likeness (QED) is 0.377. The van der Waals surface area contributed by atoms with Crippen LogP contribution < -0.4 is 0 Å². The summed E-state index contributed by atoms with van der Waals surface area (Å²) in [7, 11) is 0. The van der Waals surface area contributed by atoms with Crippen molar-refractivity contribution in [2.45, 2.75) is 29.5 Å². The molecule has 0 aromatic rings. The third kappa shape index (κ3) is 1.95. The van der Waals surface area contributed by atoms with Gasteiger partial charge in [-0.15, -0.1) is 0 Å². The summed E-state index contributed by atoms with van der Waals surface area (Å²) in [5.74, 6) is 2.20. The summed E-state index contributed by atoms with van der Waals surface area (Å²) in [6, 6.07) is 0. The summed E-state index contributed by atoms with van der Waals surface area (Å²) in [5.41, 5.74) is 0.0467. The molecule has 0 radical (unpaired) electrons. The summed E-state index contributed by atoms with van der Waals surface area (Å²) in [4.78, 5) is 0. The second-order valence-electron chi connectivity index (χ2n) is 2.29. The summed E-state index contributed by atoms with van der Waals surface area (Å²) >= 11 is 4.94. The van der Waals surface area contributed by atoms with E-state index in [1.165, 1.54) is 11.7 Å². The minimum absolute atomic E-state index is 0.0467. The minimum Gasteiger partial charge on any atom is -0.487 e. The molecule has 3 heteroatoms. The van der Waals surface area contributed by atoms with E-state index in [4.69, 9.17) is 15.4 Å². The molecule has 1 saturated heterocycles. The van der Waals surface area contributed by atoms with E-state index >= 15 is 0 Å². The SMILES string of the molecule is [CH3][Al]1[CH2]CCC(Cl)[O]1. The first-order valence-electron chi connectivity index (χ1n) is 3.08. The van der Waals surface area contributed by atoms with E-state index in [1.54, 1.807) is 0 Å². The molecule has 0 bridgehead atoms. The van der Waals surface area contributed by atoms with Gasteiger partial charge in [-0.2, -0.15) is 0 Å². The largest absolute Gasteiger partial charge is 0.487 e. The minimum atomic E-state index is -0.784. The number of halogens is 1. The molecule has 1 aliphatic heterocycles. The van der Waals surface area contributed by atoms with Gasteiger partial charge in [0.05, 0.1) is 0 Å². The molecule has 1 heterocycles. The van der Waals surface area contributed by atoms with Crippen LogP contribution in [0.1, 0.15) is 12.8 Å². The zero-order valence-electron chi connectivity index (χ0n) is 5.06. The Bertz CT molecular complexity index is 70.8. The van der Waals surface area contributed by atoms with E-state index in [-0.39, 0.29) is 5.56 Å². The third-order valence-corrected chi connectivity index (χ3v) is 3.93. The Hall–Kier alpha value is 0.782. The molecule has 1 aliphatic rings. The van der Waals surface area contributed by atoms with Crippen molar-refractivity contribution in [3.63, 3.8) is 0 Å². The van der Waals surface area contributed by atoms with Gasteiger partial charge in [0.1, 0.15) is 5.56 Å². The lowest BCUT2D eigenvalue weighted by Gasteiger charge is -2.20. The highest BCUT2D eigenvalue weighted by Crippen LogP contribution is 2.19. The lowest BCUT2D eigenvalue weighted by atomic mass is 10.3. The van der Waals surface area contributed by atoms with Crippen molar-refractivity contribution >= 4 is 26.1 Å². The Morgan fingerprint density at radius 3 is 2.88 bits per heavy atom. The van der Waals surface area contributed by atoms with Crippen LogP contribution in [0.2, 0.25) is 11.1 Å². The Balaban J connectivity index is 2.23. The molecule has 1 nitrogen and oxygen atoms in total. The van der Waals surface area contributed by atoms with Gasteiger partial charge < -0.3 is 3.79 Å². The van der Waals surface area contributed by atoms with E-state index in [0.29, 0.717) is 0 Å². The van der Waals surface area contributed by atoms with Gasteiger partial charge in [0.25, 0.3) is 0 Å². The van der Waals surface area contributed by atoms with Crippen LogP contribution in [0, 0.1) is 0 Å². The lowest BCUT2D eigenvalue weighted by molar-refractivity contribution is 0.250. The van der Waals surface area contributed by atoms with Gasteiger partial charge in [-0.25, -0.2) is 0 Å². The van der Waals surface area contributed by atoms with Crippen LogP contribution in [-0.2, 0) is 3.79 Å². The van der Waals surface area contributed by atoms with Crippen LogP contribution in [0.4, 0.5) is 0 Å². The third-order valence-electron chi connectivity index (χ3n) is 1.42. The fourth-order valence-electron chi connectivity index (χ4n) is 0.954. The fraction of sp³-hybridized carbons (Fsp3) is 1.00. The zero-order chi connectivity index (χ0) is 5.98. The Kier molecular flexibility index (Phi) is 2.65. The second kappa shape index (κ2) is 3.08. The van der Waals surface area contributed by atoms with E-state index in [2.05, 4.69) is 5.79 Å². The first-order chi connectivity index (χ1) is 3.79. The van der Waals surface area contributed by atoms with Gasteiger partial charge in [0, 0.05) is 0 Å². The van der Waals surface area contributed by atoms with E-state index in [0.717, 1.165) is 6.42 Å². The maximum absolute atomic E-state index is 5.72. The summed E-state index contributed by atoms with van der Waals surface area (Å²) < 4.78 is 5.39. The maximum atomic E-state index is 5.72. The van der Waals surface area contributed by atoms with Crippen LogP contribution >= 0.6 is 11.6 Å². The Morgan fingerprint density at radius 2 is 2.50 bits per heavy atom. The molecule has 8 heavy (non-hydrogen) atoms. The monoisotopic (exact) mass is 148 g/mol. The average Bonchev–Trinajstić information content (AvgIpc) is 1.64. The number of hydrogen-bond acceptors (Lipinski definition) is 1. The summed E-state index contributed by atoms with van der Waals surface area (Å²) in [6.07, 6.45) is 2.33. The normalized spacial score (nSPS) is 30.8. The fourth-order valence-corrected chi connectivity index (χ4v) is 3.22. The first kappa shape index (κ1) is 6.90. The van der Waals surface area contributed by atoms with Crippen LogP contribution in [0.3, 0.4) is 0 Å². The van der Waals surface area contributed by atoms with Gasteiger partial charge >= 0.3 is 14.5 Å². The van der Waals surface area contributed by atoms with E-state index < -0.39 is 14.5 Å². The lowest BCUT2D eigenvalue weighted by Crippen LogP contribution is -2.24. The maximum Gasteiger partial charge on any atom is 0.458 e. The molecule has 1 fully saturated rings. The van der Waals surface area contributed by atoms with Gasteiger partial charge in [-0.05, 0) is 6.42 Å². The molecular weight excluding hydrogens is 138 g/mol. The highest BCUT2D eigenvalue weighted by Gasteiger charge is 2.22. The average molecular weight is 149 g/mol. The van der Waals surface area contributed by atoms with Crippen LogP contribution in [0.25, 0.3) is 0 Å². The van der Waals surface area contributed by atoms with Crippen molar-refractivity contribution in [2.75, 3.05) is 0 Å². The van der Waals surface area contributed by atoms with E-state index in [1.807, 2.05) is 0 Å². The van der Waals surface area contributed by atoms with Crippen molar-refractivity contribution < 1.29 is 3.79 Å². The topological polar surface area (TPSA) is 9.23 Å². The number of hydrogen-bond donors (Lipinski definition) is 0. The summed E-state index contributed by atoms with van der Waals surface area (Å²) in [6.45, 7) is 0. The number of alkyl halides is 1. The van der Waals surface area contributed by atoms with Crippen LogP contribution in [0.5, 0.6) is 0 Å². The van der Waals surface area contributed by atoms with Crippen molar-refractivity contribution in [2.24, 2.45) is 0 Å². The van der Waals surface area contributed by atoms with Crippen LogP contribution in [0.15, 0.2) is 0 Å². The standard InChI is InChI=1S/C4H7ClO.CH3.Al/c1-2-3-4(5)6;;/h4H,1-3H2;1H3;/q-1;;+1. The highest BCUT2D eigenvalue weighted by atomic mass is 35.5. The number of rotatable bonds is 0. The predicted octanol–water partition coefficient (Wildman–Crippen LogP) is 1.98. The van der Waals surface area contributed by atoms with Gasteiger partial charge in [-0.3, -0.25) is 0 Å². The molecule has 0 aromatic heterocycles. The Labute approximate surface area is 59.7 Å². The molecule has 1 rings (SSSR count). The Morgan fingerprint density at radius 1 is 1.75 bits per heavy atom. The predicted molar refractivity (Wildman–Crippen MR) is 36.4 cm³/mol. The molecule has 0 saturated carbocycles. The van der Waals surface area contributed by atoms with Crippen molar-refractivity contribution in [3.8, 4) is 0 Å². The van der Waals surface area contributed by atoms with E-state index in [9.17, 15) is 0 Å². The highest BCUT2D eigenvalue weighted by molar-refractivity contribution is 6.51. The molecule has 0 N–H and O–H groups in total. The summed E-state index contributed by atoms with van der Waals surface area (Å²) in [5, 5.41) is 1.31. The van der Waals surface area contributed by atoms with Crippen molar-refractivity contribution in [1.29, 1.82) is 0 Å². The molecule has 0 amide bonds. The van der Waals surface area contributed by atoms with Gasteiger partial charge in [0.15, 0.2) is 0 Å². The molecule has 1 unspecified atom stereocenters. The molecule has 1 atom stereocenters. The molecule has 0 spiro atoms. The van der Waals surface area contributed by atoms with Gasteiger partial charge in [0.2, 0.25) is 0 Å². The van der Waals surface area contributed by atoms with Crippen LogP contribution in [-0.4, -0.2) is 20.0 Å². The molecule has 46 valence electrons.